The Hall–Kier alpha value is -4.39. The van der Waals surface area contributed by atoms with Gasteiger partial charge < -0.3 is 19.8 Å². The monoisotopic (exact) mass is 402 g/mol. The van der Waals surface area contributed by atoms with Crippen LogP contribution in [0.3, 0.4) is 0 Å². The summed E-state index contributed by atoms with van der Waals surface area (Å²) in [5, 5.41) is 22.2. The van der Waals surface area contributed by atoms with Gasteiger partial charge in [-0.2, -0.15) is 10.2 Å². The predicted octanol–water partition coefficient (Wildman–Crippen LogP) is 3.56. The SMILES string of the molecule is CC(Nc1nccc(Nc2cc(OCc3cccc(C#N)c3)n[nH]2)n1)c1cnco1. The highest BCUT2D eigenvalue weighted by molar-refractivity contribution is 5.53. The van der Waals surface area contributed by atoms with Crippen molar-refractivity contribution in [2.75, 3.05) is 10.6 Å². The third kappa shape index (κ3) is 4.71. The summed E-state index contributed by atoms with van der Waals surface area (Å²) < 4.78 is 11.0. The summed E-state index contributed by atoms with van der Waals surface area (Å²) in [7, 11) is 0. The molecule has 0 amide bonds. The van der Waals surface area contributed by atoms with E-state index in [0.29, 0.717) is 41.4 Å². The van der Waals surface area contributed by atoms with Crippen molar-refractivity contribution in [3.8, 4) is 11.9 Å². The van der Waals surface area contributed by atoms with Crippen LogP contribution in [0.4, 0.5) is 17.6 Å². The number of anilines is 3. The molecule has 0 aliphatic carbocycles. The van der Waals surface area contributed by atoms with E-state index in [1.807, 2.05) is 19.1 Å². The number of nitriles is 1. The van der Waals surface area contributed by atoms with E-state index < -0.39 is 0 Å². The van der Waals surface area contributed by atoms with E-state index >= 15 is 0 Å². The maximum Gasteiger partial charge on any atom is 0.235 e. The topological polar surface area (TPSA) is 138 Å². The van der Waals surface area contributed by atoms with Gasteiger partial charge in [-0.15, -0.1) is 5.10 Å². The molecule has 1 atom stereocenters. The van der Waals surface area contributed by atoms with Gasteiger partial charge in [0.05, 0.1) is 23.9 Å². The minimum Gasteiger partial charge on any atom is -0.472 e. The van der Waals surface area contributed by atoms with Crippen LogP contribution in [0.15, 0.2) is 59.6 Å². The Labute approximate surface area is 172 Å². The molecule has 4 rings (SSSR count). The molecular formula is C20H18N8O2. The Morgan fingerprint density at radius 3 is 3.07 bits per heavy atom. The average molecular weight is 402 g/mol. The van der Waals surface area contributed by atoms with Crippen LogP contribution >= 0.6 is 0 Å². The van der Waals surface area contributed by atoms with Crippen LogP contribution in [-0.4, -0.2) is 25.1 Å². The summed E-state index contributed by atoms with van der Waals surface area (Å²) in [6.45, 7) is 2.23. The molecule has 0 aliphatic rings. The molecule has 0 aliphatic heterocycles. The first-order valence-corrected chi connectivity index (χ1v) is 9.12. The second kappa shape index (κ2) is 8.74. The summed E-state index contributed by atoms with van der Waals surface area (Å²) in [6, 6.07) is 12.7. The fraction of sp³-hybridized carbons (Fsp3) is 0.150. The number of rotatable bonds is 8. The number of benzene rings is 1. The molecule has 3 heterocycles. The molecule has 0 spiro atoms. The zero-order valence-electron chi connectivity index (χ0n) is 16.0. The number of aromatic amines is 1. The summed E-state index contributed by atoms with van der Waals surface area (Å²) in [6.07, 6.45) is 4.66. The third-order valence-electron chi connectivity index (χ3n) is 4.14. The minimum atomic E-state index is -0.130. The van der Waals surface area contributed by atoms with Gasteiger partial charge in [0, 0.05) is 12.3 Å². The van der Waals surface area contributed by atoms with Gasteiger partial charge in [-0.3, -0.25) is 5.10 Å². The molecule has 0 saturated heterocycles. The van der Waals surface area contributed by atoms with Gasteiger partial charge in [-0.1, -0.05) is 12.1 Å². The Morgan fingerprint density at radius 2 is 2.23 bits per heavy atom. The lowest BCUT2D eigenvalue weighted by atomic mass is 10.1. The summed E-state index contributed by atoms with van der Waals surface area (Å²) >= 11 is 0. The number of aromatic nitrogens is 5. The van der Waals surface area contributed by atoms with Crippen LogP contribution in [0.1, 0.15) is 29.9 Å². The molecule has 4 aromatic rings. The number of hydrogen-bond donors (Lipinski definition) is 3. The second-order valence-corrected chi connectivity index (χ2v) is 6.38. The number of nitrogens with one attached hydrogen (secondary N) is 3. The third-order valence-corrected chi connectivity index (χ3v) is 4.14. The number of H-pyrrole nitrogens is 1. The summed E-state index contributed by atoms with van der Waals surface area (Å²) in [5.74, 6) is 2.74. The quantitative estimate of drug-likeness (QED) is 0.404. The van der Waals surface area contributed by atoms with Crippen molar-refractivity contribution in [3.63, 3.8) is 0 Å². The van der Waals surface area contributed by atoms with Gasteiger partial charge in [-0.05, 0) is 30.7 Å². The molecule has 1 unspecified atom stereocenters. The highest BCUT2D eigenvalue weighted by Gasteiger charge is 2.11. The average Bonchev–Trinajstić information content (AvgIpc) is 3.45. The van der Waals surface area contributed by atoms with Gasteiger partial charge in [0.15, 0.2) is 6.39 Å². The Bertz CT molecular complexity index is 1150. The molecule has 0 saturated carbocycles. The zero-order chi connectivity index (χ0) is 20.8. The van der Waals surface area contributed by atoms with Gasteiger partial charge in [-0.25, -0.2) is 9.97 Å². The van der Waals surface area contributed by atoms with Crippen molar-refractivity contribution in [1.82, 2.24) is 25.1 Å². The fourth-order valence-electron chi connectivity index (χ4n) is 2.67. The first kappa shape index (κ1) is 18.9. The van der Waals surface area contributed by atoms with E-state index in [0.717, 1.165) is 5.56 Å². The smallest absolute Gasteiger partial charge is 0.235 e. The maximum atomic E-state index is 8.97. The van der Waals surface area contributed by atoms with Crippen LogP contribution in [0.2, 0.25) is 0 Å². The lowest BCUT2D eigenvalue weighted by Gasteiger charge is -2.11. The van der Waals surface area contributed by atoms with E-state index in [2.05, 4.69) is 41.9 Å². The minimum absolute atomic E-state index is 0.130. The van der Waals surface area contributed by atoms with Gasteiger partial charge in [0.1, 0.15) is 24.0 Å². The summed E-state index contributed by atoms with van der Waals surface area (Å²) in [5.41, 5.74) is 1.48. The largest absolute Gasteiger partial charge is 0.472 e. The number of nitrogens with zero attached hydrogens (tertiary/aromatic N) is 5. The lowest BCUT2D eigenvalue weighted by Crippen LogP contribution is -2.09. The standard InChI is InChI=1S/C20H18N8O2/c1-13(16-10-22-12-30-16)24-20-23-6-5-17(26-20)25-18-8-19(28-27-18)29-11-15-4-2-3-14(7-15)9-21/h2-8,10,12-13H,11H2,1H3,(H3,23,24,25,26,27,28). The van der Waals surface area contributed by atoms with Crippen molar-refractivity contribution in [1.29, 1.82) is 5.26 Å². The van der Waals surface area contributed by atoms with E-state index in [9.17, 15) is 0 Å². The first-order chi connectivity index (χ1) is 14.7. The Kier molecular flexibility index (Phi) is 5.52. The van der Waals surface area contributed by atoms with Crippen molar-refractivity contribution in [3.05, 3.63) is 72.1 Å². The fourth-order valence-corrected chi connectivity index (χ4v) is 2.67. The Morgan fingerprint density at radius 1 is 1.30 bits per heavy atom. The highest BCUT2D eigenvalue weighted by Crippen LogP contribution is 2.20. The lowest BCUT2D eigenvalue weighted by molar-refractivity contribution is 0.293. The molecule has 150 valence electrons. The number of hydrogen-bond acceptors (Lipinski definition) is 9. The Balaban J connectivity index is 1.36. The molecular weight excluding hydrogens is 384 g/mol. The van der Waals surface area contributed by atoms with Crippen LogP contribution in [0.25, 0.3) is 0 Å². The molecule has 0 bridgehead atoms. The van der Waals surface area contributed by atoms with Crippen molar-refractivity contribution >= 4 is 17.6 Å². The van der Waals surface area contributed by atoms with E-state index in [-0.39, 0.29) is 6.04 Å². The van der Waals surface area contributed by atoms with Gasteiger partial charge in [0.2, 0.25) is 11.8 Å². The first-order valence-electron chi connectivity index (χ1n) is 9.12. The molecule has 1 aromatic carbocycles. The van der Waals surface area contributed by atoms with E-state index in [1.54, 1.807) is 36.7 Å². The van der Waals surface area contributed by atoms with Crippen molar-refractivity contribution in [2.24, 2.45) is 0 Å². The molecule has 30 heavy (non-hydrogen) atoms. The van der Waals surface area contributed by atoms with Gasteiger partial charge >= 0.3 is 0 Å². The predicted molar refractivity (Wildman–Crippen MR) is 108 cm³/mol. The molecule has 3 aromatic heterocycles. The van der Waals surface area contributed by atoms with Crippen LogP contribution in [0, 0.1) is 11.3 Å². The molecule has 0 fully saturated rings. The maximum absolute atomic E-state index is 8.97. The van der Waals surface area contributed by atoms with Crippen molar-refractivity contribution in [2.45, 2.75) is 19.6 Å². The number of ether oxygens (including phenoxy) is 1. The van der Waals surface area contributed by atoms with Crippen LogP contribution < -0.4 is 15.4 Å². The summed E-state index contributed by atoms with van der Waals surface area (Å²) in [4.78, 5) is 12.5. The molecule has 0 radical (unpaired) electrons. The highest BCUT2D eigenvalue weighted by atomic mass is 16.5. The van der Waals surface area contributed by atoms with Crippen LogP contribution in [-0.2, 0) is 6.61 Å². The van der Waals surface area contributed by atoms with Crippen molar-refractivity contribution < 1.29 is 9.15 Å². The molecule has 3 N–H and O–H groups in total. The molecule has 10 nitrogen and oxygen atoms in total. The van der Waals surface area contributed by atoms with Gasteiger partial charge in [0.25, 0.3) is 0 Å². The number of oxazole rings is 1. The molecule has 10 heteroatoms. The zero-order valence-corrected chi connectivity index (χ0v) is 16.0. The van der Waals surface area contributed by atoms with E-state index in [1.165, 1.54) is 6.39 Å². The normalized spacial score (nSPS) is 11.5. The van der Waals surface area contributed by atoms with Crippen LogP contribution in [0.5, 0.6) is 5.88 Å². The second-order valence-electron chi connectivity index (χ2n) is 6.38. The van der Waals surface area contributed by atoms with E-state index in [4.69, 9.17) is 14.4 Å².